The highest BCUT2D eigenvalue weighted by molar-refractivity contribution is 9.11. The SMILES string of the molecule is CC[C@@H](C)NC(=O)c1cc(S(N)(=O)=O)c(Br)s1. The monoisotopic (exact) mass is 340 g/mol. The predicted octanol–water partition coefficient (Wildman–Crippen LogP) is 1.69. The second-order valence-corrected chi connectivity index (χ2v) is 7.48. The summed E-state index contributed by atoms with van der Waals surface area (Å²) in [6.07, 6.45) is 0.806. The van der Waals surface area contributed by atoms with Crippen molar-refractivity contribution in [2.75, 3.05) is 0 Å². The lowest BCUT2D eigenvalue weighted by Gasteiger charge is -2.09. The molecule has 1 amide bonds. The number of nitrogens with one attached hydrogen (secondary N) is 1. The molecule has 0 spiro atoms. The van der Waals surface area contributed by atoms with Gasteiger partial charge in [-0.1, -0.05) is 6.92 Å². The van der Waals surface area contributed by atoms with Crippen LogP contribution in [-0.2, 0) is 10.0 Å². The lowest BCUT2D eigenvalue weighted by Crippen LogP contribution is -2.31. The van der Waals surface area contributed by atoms with E-state index in [4.69, 9.17) is 5.14 Å². The summed E-state index contributed by atoms with van der Waals surface area (Å²) in [6, 6.07) is 1.32. The van der Waals surface area contributed by atoms with Crippen LogP contribution in [0.3, 0.4) is 0 Å². The summed E-state index contributed by atoms with van der Waals surface area (Å²) < 4.78 is 22.7. The fraction of sp³-hybridized carbons (Fsp3) is 0.444. The van der Waals surface area contributed by atoms with E-state index in [1.165, 1.54) is 6.07 Å². The molecule has 8 heteroatoms. The van der Waals surface area contributed by atoms with Gasteiger partial charge in [-0.05, 0) is 35.3 Å². The number of amides is 1. The van der Waals surface area contributed by atoms with E-state index in [9.17, 15) is 13.2 Å². The molecule has 1 aromatic rings. The van der Waals surface area contributed by atoms with Crippen LogP contribution in [0.25, 0.3) is 0 Å². The number of nitrogens with two attached hydrogens (primary N) is 1. The van der Waals surface area contributed by atoms with Crippen LogP contribution in [0.5, 0.6) is 0 Å². The highest BCUT2D eigenvalue weighted by Crippen LogP contribution is 2.30. The van der Waals surface area contributed by atoms with Crippen LogP contribution in [0.1, 0.15) is 29.9 Å². The Morgan fingerprint density at radius 2 is 2.24 bits per heavy atom. The van der Waals surface area contributed by atoms with Crippen LogP contribution in [0, 0.1) is 0 Å². The fourth-order valence-electron chi connectivity index (χ4n) is 1.05. The van der Waals surface area contributed by atoms with Crippen molar-refractivity contribution in [2.24, 2.45) is 5.14 Å². The minimum Gasteiger partial charge on any atom is -0.349 e. The molecule has 1 aromatic heterocycles. The molecule has 17 heavy (non-hydrogen) atoms. The molecule has 0 radical (unpaired) electrons. The maximum absolute atomic E-state index is 11.7. The molecule has 0 aliphatic carbocycles. The zero-order chi connectivity index (χ0) is 13.2. The number of carbonyl (C=O) groups excluding carboxylic acids is 1. The van der Waals surface area contributed by atoms with Crippen LogP contribution in [0.15, 0.2) is 14.7 Å². The van der Waals surface area contributed by atoms with Crippen molar-refractivity contribution < 1.29 is 13.2 Å². The van der Waals surface area contributed by atoms with Crippen molar-refractivity contribution in [1.82, 2.24) is 5.32 Å². The maximum Gasteiger partial charge on any atom is 0.261 e. The van der Waals surface area contributed by atoms with Crippen LogP contribution in [0.2, 0.25) is 0 Å². The van der Waals surface area contributed by atoms with Crippen molar-refractivity contribution in [1.29, 1.82) is 0 Å². The molecule has 0 saturated carbocycles. The molecule has 1 atom stereocenters. The first-order valence-corrected chi connectivity index (χ1v) is 8.04. The molecule has 0 aliphatic heterocycles. The number of hydrogen-bond acceptors (Lipinski definition) is 4. The van der Waals surface area contributed by atoms with Gasteiger partial charge in [-0.15, -0.1) is 11.3 Å². The summed E-state index contributed by atoms with van der Waals surface area (Å²) >= 11 is 4.13. The Balaban J connectivity index is 2.99. The van der Waals surface area contributed by atoms with Gasteiger partial charge in [-0.2, -0.15) is 0 Å². The third-order valence-corrected chi connectivity index (χ3v) is 5.34. The van der Waals surface area contributed by atoms with Crippen molar-refractivity contribution in [3.8, 4) is 0 Å². The molecule has 0 saturated heterocycles. The van der Waals surface area contributed by atoms with Crippen molar-refractivity contribution in [2.45, 2.75) is 31.2 Å². The molecule has 3 N–H and O–H groups in total. The standard InChI is InChI=1S/C9H13BrN2O3S2/c1-3-5(2)12-9(13)6-4-7(8(10)16-6)17(11,14)15/h4-5H,3H2,1-2H3,(H,12,13)(H2,11,14,15)/t5-/m1/s1. The summed E-state index contributed by atoms with van der Waals surface area (Å²) in [5.41, 5.74) is 0. The Bertz CT molecular complexity index is 524. The van der Waals surface area contributed by atoms with E-state index in [0.717, 1.165) is 17.8 Å². The third kappa shape index (κ3) is 3.77. The first-order chi connectivity index (χ1) is 7.75. The topological polar surface area (TPSA) is 89.3 Å². The van der Waals surface area contributed by atoms with Gasteiger partial charge in [0.25, 0.3) is 5.91 Å². The highest BCUT2D eigenvalue weighted by atomic mass is 79.9. The van der Waals surface area contributed by atoms with Crippen LogP contribution < -0.4 is 10.5 Å². The normalized spacial score (nSPS) is 13.4. The number of sulfonamides is 1. The molecule has 1 heterocycles. The van der Waals surface area contributed by atoms with Gasteiger partial charge in [-0.25, -0.2) is 13.6 Å². The van der Waals surface area contributed by atoms with Gasteiger partial charge >= 0.3 is 0 Å². The molecule has 5 nitrogen and oxygen atoms in total. The van der Waals surface area contributed by atoms with E-state index in [1.54, 1.807) is 0 Å². The minimum absolute atomic E-state index is 0.0429. The second kappa shape index (κ2) is 5.47. The quantitative estimate of drug-likeness (QED) is 0.873. The Morgan fingerprint density at radius 3 is 2.65 bits per heavy atom. The summed E-state index contributed by atoms with van der Waals surface area (Å²) in [5.74, 6) is -0.292. The predicted molar refractivity (Wildman–Crippen MR) is 70.6 cm³/mol. The van der Waals surface area contributed by atoms with E-state index in [-0.39, 0.29) is 16.8 Å². The first-order valence-electron chi connectivity index (χ1n) is 4.88. The molecule has 0 aromatic carbocycles. The zero-order valence-electron chi connectivity index (χ0n) is 9.36. The van der Waals surface area contributed by atoms with E-state index >= 15 is 0 Å². The Morgan fingerprint density at radius 1 is 1.65 bits per heavy atom. The van der Waals surface area contributed by atoms with Crippen LogP contribution >= 0.6 is 27.3 Å². The van der Waals surface area contributed by atoms with Crippen molar-refractivity contribution in [3.63, 3.8) is 0 Å². The molecule has 1 rings (SSSR count). The van der Waals surface area contributed by atoms with E-state index < -0.39 is 10.0 Å². The minimum atomic E-state index is -3.80. The van der Waals surface area contributed by atoms with Crippen molar-refractivity contribution in [3.05, 3.63) is 14.7 Å². The summed E-state index contributed by atoms with van der Waals surface area (Å²) in [6.45, 7) is 3.83. The molecular weight excluding hydrogens is 328 g/mol. The molecule has 0 unspecified atom stereocenters. The van der Waals surface area contributed by atoms with Crippen LogP contribution in [0.4, 0.5) is 0 Å². The number of hydrogen-bond donors (Lipinski definition) is 2. The Hall–Kier alpha value is -0.440. The van der Waals surface area contributed by atoms with Gasteiger partial charge in [0, 0.05) is 6.04 Å². The summed E-state index contributed by atoms with van der Waals surface area (Å²) in [7, 11) is -3.80. The largest absolute Gasteiger partial charge is 0.349 e. The lowest BCUT2D eigenvalue weighted by molar-refractivity contribution is 0.0943. The van der Waals surface area contributed by atoms with Crippen molar-refractivity contribution >= 4 is 43.2 Å². The summed E-state index contributed by atoms with van der Waals surface area (Å²) in [5, 5.41) is 7.77. The van der Waals surface area contributed by atoms with E-state index in [1.807, 2.05) is 13.8 Å². The molecule has 0 fully saturated rings. The number of primary sulfonamides is 1. The lowest BCUT2D eigenvalue weighted by atomic mass is 10.2. The molecule has 0 bridgehead atoms. The van der Waals surface area contributed by atoms with Gasteiger partial charge in [0.1, 0.15) is 4.90 Å². The smallest absolute Gasteiger partial charge is 0.261 e. The van der Waals surface area contributed by atoms with Gasteiger partial charge < -0.3 is 5.32 Å². The van der Waals surface area contributed by atoms with Crippen LogP contribution in [-0.4, -0.2) is 20.4 Å². The molecule has 0 aliphatic rings. The second-order valence-electron chi connectivity index (χ2n) is 3.58. The highest BCUT2D eigenvalue weighted by Gasteiger charge is 2.20. The Labute approximate surface area is 113 Å². The molecule has 96 valence electrons. The fourth-order valence-corrected chi connectivity index (χ4v) is 4.10. The maximum atomic E-state index is 11.7. The average Bonchev–Trinajstić information content (AvgIpc) is 2.59. The number of carbonyl (C=O) groups is 1. The number of thiophene rings is 1. The third-order valence-electron chi connectivity index (χ3n) is 2.18. The van der Waals surface area contributed by atoms with E-state index in [0.29, 0.717) is 8.66 Å². The van der Waals surface area contributed by atoms with Gasteiger partial charge in [0.15, 0.2) is 0 Å². The Kier molecular flexibility index (Phi) is 4.70. The van der Waals surface area contributed by atoms with E-state index in [2.05, 4.69) is 21.2 Å². The van der Waals surface area contributed by atoms with Gasteiger partial charge in [0.2, 0.25) is 10.0 Å². The molecular formula is C9H13BrN2O3S2. The zero-order valence-corrected chi connectivity index (χ0v) is 12.6. The first kappa shape index (κ1) is 14.6. The number of rotatable bonds is 4. The summed E-state index contributed by atoms with van der Waals surface area (Å²) in [4.78, 5) is 12.0. The average molecular weight is 341 g/mol. The van der Waals surface area contributed by atoms with Gasteiger partial charge in [-0.3, -0.25) is 4.79 Å². The van der Waals surface area contributed by atoms with Gasteiger partial charge in [0.05, 0.1) is 8.66 Å². The number of halogens is 1.